The maximum atomic E-state index is 4.65. The summed E-state index contributed by atoms with van der Waals surface area (Å²) < 4.78 is 0. The molecule has 2 aliphatic rings. The average Bonchev–Trinajstić information content (AvgIpc) is 2.97. The fourth-order valence-corrected chi connectivity index (χ4v) is 3.77. The number of pyridine rings is 1. The minimum atomic E-state index is -0.0236. The van der Waals surface area contributed by atoms with Crippen molar-refractivity contribution in [2.24, 2.45) is 0 Å². The van der Waals surface area contributed by atoms with E-state index in [9.17, 15) is 0 Å². The molecule has 0 saturated heterocycles. The molecule has 4 rings (SSSR count). The second-order valence-corrected chi connectivity index (χ2v) is 6.73. The summed E-state index contributed by atoms with van der Waals surface area (Å²) in [6.07, 6.45) is 6.53. The van der Waals surface area contributed by atoms with Crippen molar-refractivity contribution in [2.75, 3.05) is 11.9 Å². The highest BCUT2D eigenvalue weighted by atomic mass is 15.4. The monoisotopic (exact) mass is 291 g/mol. The van der Waals surface area contributed by atoms with Gasteiger partial charge in [-0.15, -0.1) is 0 Å². The van der Waals surface area contributed by atoms with E-state index in [0.29, 0.717) is 6.17 Å². The van der Waals surface area contributed by atoms with E-state index >= 15 is 0 Å². The quantitative estimate of drug-likeness (QED) is 0.793. The lowest BCUT2D eigenvalue weighted by Gasteiger charge is -2.32. The fourth-order valence-electron chi connectivity index (χ4n) is 3.77. The molecule has 1 aromatic heterocycles. The minimum Gasteiger partial charge on any atom is -0.359 e. The van der Waals surface area contributed by atoms with Crippen LogP contribution < -0.4 is 4.90 Å². The highest BCUT2D eigenvalue weighted by molar-refractivity contribution is 5.84. The summed E-state index contributed by atoms with van der Waals surface area (Å²) in [5.41, 5.74) is 6.37. The molecular formula is C19H21N3. The van der Waals surface area contributed by atoms with Gasteiger partial charge in [-0.3, -0.25) is 4.98 Å². The molecule has 0 spiro atoms. The van der Waals surface area contributed by atoms with Crippen LogP contribution in [-0.4, -0.2) is 23.1 Å². The van der Waals surface area contributed by atoms with Crippen LogP contribution in [0.4, 0.5) is 5.69 Å². The normalized spacial score (nSPS) is 21.2. The highest BCUT2D eigenvalue weighted by Crippen LogP contribution is 2.51. The summed E-state index contributed by atoms with van der Waals surface area (Å²) in [5, 5.41) is 0. The van der Waals surface area contributed by atoms with Gasteiger partial charge in [-0.25, -0.2) is 0 Å². The number of hydrogen-bond acceptors (Lipinski definition) is 3. The fraction of sp³-hybridized carbons (Fsp3) is 0.316. The Bertz CT molecular complexity index is 776. The van der Waals surface area contributed by atoms with E-state index in [2.05, 4.69) is 79.3 Å². The maximum absolute atomic E-state index is 4.65. The zero-order valence-electron chi connectivity index (χ0n) is 13.5. The standard InChI is InChI=1S/C19H21N3/c1-13-21(4)11-12-22(13)16-9-5-7-14-17(16)19(2,3)15-8-6-10-20-18(14)15/h5-13H,1-4H3/t13-/m0/s1. The lowest BCUT2D eigenvalue weighted by atomic mass is 9.81. The summed E-state index contributed by atoms with van der Waals surface area (Å²) in [6.45, 7) is 6.83. The van der Waals surface area contributed by atoms with E-state index in [-0.39, 0.29) is 5.41 Å². The molecular weight excluding hydrogens is 270 g/mol. The van der Waals surface area contributed by atoms with Crippen LogP contribution in [-0.2, 0) is 5.41 Å². The van der Waals surface area contributed by atoms with Crippen molar-refractivity contribution in [1.29, 1.82) is 0 Å². The Labute approximate surface area is 131 Å². The van der Waals surface area contributed by atoms with Crippen molar-refractivity contribution in [3.05, 3.63) is 60.1 Å². The zero-order chi connectivity index (χ0) is 15.5. The first-order valence-corrected chi connectivity index (χ1v) is 7.80. The van der Waals surface area contributed by atoms with Crippen molar-refractivity contribution in [3.63, 3.8) is 0 Å². The predicted molar refractivity (Wildman–Crippen MR) is 90.6 cm³/mol. The molecule has 1 atom stereocenters. The van der Waals surface area contributed by atoms with Crippen molar-refractivity contribution >= 4 is 5.69 Å². The molecule has 3 heteroatoms. The summed E-state index contributed by atoms with van der Waals surface area (Å²) in [4.78, 5) is 9.23. The third kappa shape index (κ3) is 1.59. The van der Waals surface area contributed by atoms with Crippen LogP contribution in [0.15, 0.2) is 48.9 Å². The summed E-state index contributed by atoms with van der Waals surface area (Å²) >= 11 is 0. The first-order valence-electron chi connectivity index (χ1n) is 7.80. The van der Waals surface area contributed by atoms with Gasteiger partial charge in [0.25, 0.3) is 0 Å². The second kappa shape index (κ2) is 4.35. The lowest BCUT2D eigenvalue weighted by molar-refractivity contribution is 0.382. The van der Waals surface area contributed by atoms with Crippen LogP contribution in [0.3, 0.4) is 0 Å². The van der Waals surface area contributed by atoms with Crippen molar-refractivity contribution in [2.45, 2.75) is 32.4 Å². The van der Waals surface area contributed by atoms with Crippen LogP contribution in [0.1, 0.15) is 31.9 Å². The molecule has 2 heterocycles. The number of anilines is 1. The number of benzene rings is 1. The van der Waals surface area contributed by atoms with E-state index in [1.165, 1.54) is 22.4 Å². The van der Waals surface area contributed by atoms with Crippen molar-refractivity contribution in [3.8, 4) is 11.3 Å². The first kappa shape index (κ1) is 13.4. The van der Waals surface area contributed by atoms with Gasteiger partial charge in [-0.2, -0.15) is 0 Å². The third-order valence-corrected chi connectivity index (χ3v) is 5.14. The minimum absolute atomic E-state index is 0.0236. The Hall–Kier alpha value is -2.29. The number of fused-ring (bicyclic) bond motifs is 3. The summed E-state index contributed by atoms with van der Waals surface area (Å²) in [6, 6.07) is 10.8. The molecule has 1 aliphatic carbocycles. The number of hydrogen-bond donors (Lipinski definition) is 0. The Morgan fingerprint density at radius 3 is 2.64 bits per heavy atom. The molecule has 0 radical (unpaired) electrons. The smallest absolute Gasteiger partial charge is 0.102 e. The average molecular weight is 291 g/mol. The highest BCUT2D eigenvalue weighted by Gasteiger charge is 2.40. The molecule has 3 nitrogen and oxygen atoms in total. The topological polar surface area (TPSA) is 19.4 Å². The summed E-state index contributed by atoms with van der Waals surface area (Å²) in [7, 11) is 2.12. The molecule has 0 saturated carbocycles. The van der Waals surface area contributed by atoms with Gasteiger partial charge >= 0.3 is 0 Å². The Morgan fingerprint density at radius 1 is 1.09 bits per heavy atom. The van der Waals surface area contributed by atoms with E-state index < -0.39 is 0 Å². The van der Waals surface area contributed by atoms with Gasteiger partial charge in [0.05, 0.1) is 5.69 Å². The van der Waals surface area contributed by atoms with Gasteiger partial charge in [0.1, 0.15) is 6.17 Å². The van der Waals surface area contributed by atoms with Gasteiger partial charge in [-0.05, 0) is 30.2 Å². The van der Waals surface area contributed by atoms with E-state index in [1.807, 2.05) is 12.3 Å². The Balaban J connectivity index is 1.95. The van der Waals surface area contributed by atoms with Gasteiger partial charge in [-0.1, -0.05) is 32.0 Å². The second-order valence-electron chi connectivity index (χ2n) is 6.73. The summed E-state index contributed by atoms with van der Waals surface area (Å²) in [5.74, 6) is 0. The number of aromatic nitrogens is 1. The van der Waals surface area contributed by atoms with Gasteiger partial charge < -0.3 is 9.80 Å². The third-order valence-electron chi connectivity index (χ3n) is 5.14. The Morgan fingerprint density at radius 2 is 1.91 bits per heavy atom. The number of nitrogens with zero attached hydrogens (tertiary/aromatic N) is 3. The predicted octanol–water partition coefficient (Wildman–Crippen LogP) is 3.96. The van der Waals surface area contributed by atoms with Crippen LogP contribution in [0.5, 0.6) is 0 Å². The zero-order valence-corrected chi connectivity index (χ0v) is 13.5. The number of rotatable bonds is 1. The van der Waals surface area contributed by atoms with E-state index in [4.69, 9.17) is 0 Å². The molecule has 0 amide bonds. The van der Waals surface area contributed by atoms with Gasteiger partial charge in [0.15, 0.2) is 0 Å². The van der Waals surface area contributed by atoms with Crippen LogP contribution >= 0.6 is 0 Å². The molecule has 2 aromatic rings. The molecule has 0 fully saturated rings. The van der Waals surface area contributed by atoms with Crippen molar-refractivity contribution < 1.29 is 0 Å². The molecule has 112 valence electrons. The molecule has 0 bridgehead atoms. The SMILES string of the molecule is C[C@H]1N(C)C=CN1c1cccc2c1C(C)(C)c1cccnc1-2. The molecule has 0 unspecified atom stereocenters. The largest absolute Gasteiger partial charge is 0.359 e. The van der Waals surface area contributed by atoms with Crippen molar-refractivity contribution in [1.82, 2.24) is 9.88 Å². The lowest BCUT2D eigenvalue weighted by Crippen LogP contribution is -2.34. The van der Waals surface area contributed by atoms with Gasteiger partial charge in [0, 0.05) is 42.3 Å². The first-order chi connectivity index (χ1) is 10.5. The van der Waals surface area contributed by atoms with Crippen LogP contribution in [0.2, 0.25) is 0 Å². The van der Waals surface area contributed by atoms with Crippen LogP contribution in [0, 0.1) is 0 Å². The van der Waals surface area contributed by atoms with Crippen LogP contribution in [0.25, 0.3) is 11.3 Å². The molecule has 1 aromatic carbocycles. The van der Waals surface area contributed by atoms with E-state index in [1.54, 1.807) is 0 Å². The van der Waals surface area contributed by atoms with E-state index in [0.717, 1.165) is 5.69 Å². The maximum Gasteiger partial charge on any atom is 0.102 e. The molecule has 0 N–H and O–H groups in total. The molecule has 22 heavy (non-hydrogen) atoms. The van der Waals surface area contributed by atoms with Gasteiger partial charge in [0.2, 0.25) is 0 Å². The molecule has 1 aliphatic heterocycles. The Kier molecular flexibility index (Phi) is 2.65.